The van der Waals surface area contributed by atoms with Crippen LogP contribution in [0.5, 0.6) is 0 Å². The van der Waals surface area contributed by atoms with Crippen LogP contribution in [0.2, 0.25) is 0 Å². The van der Waals surface area contributed by atoms with E-state index in [0.717, 1.165) is 25.7 Å². The Morgan fingerprint density at radius 2 is 1.74 bits per heavy atom. The van der Waals surface area contributed by atoms with E-state index in [4.69, 9.17) is 5.11 Å². The minimum atomic E-state index is -0.675. The number of Topliss-reactive ketones (excluding diaryl/α,β-unsaturated/α-hetero) is 1. The SMILES string of the molecule is CC(=O)C1CCCCC1C.CCCCCCC(=O)O. The van der Waals surface area contributed by atoms with Gasteiger partial charge in [0.05, 0.1) is 0 Å². The molecular weight excluding hydrogens is 240 g/mol. The molecule has 1 aliphatic carbocycles. The Kier molecular flexibility index (Phi) is 10.5. The Balaban J connectivity index is 0.000000344. The molecule has 1 N–H and O–H groups in total. The molecule has 19 heavy (non-hydrogen) atoms. The highest BCUT2D eigenvalue weighted by molar-refractivity contribution is 5.78. The summed E-state index contributed by atoms with van der Waals surface area (Å²) in [7, 11) is 0. The van der Waals surface area contributed by atoms with Crippen LogP contribution in [0, 0.1) is 11.8 Å². The molecule has 0 amide bonds. The molecular formula is C16H30O3. The summed E-state index contributed by atoms with van der Waals surface area (Å²) in [5.41, 5.74) is 0. The second-order valence-corrected chi connectivity index (χ2v) is 5.68. The molecule has 2 unspecified atom stereocenters. The Morgan fingerprint density at radius 1 is 1.11 bits per heavy atom. The number of ketones is 1. The summed E-state index contributed by atoms with van der Waals surface area (Å²) in [6, 6.07) is 0. The van der Waals surface area contributed by atoms with E-state index < -0.39 is 5.97 Å². The van der Waals surface area contributed by atoms with E-state index in [0.29, 0.717) is 24.0 Å². The first kappa shape index (κ1) is 18.1. The Bertz CT molecular complexity index is 261. The lowest BCUT2D eigenvalue weighted by Gasteiger charge is -2.26. The van der Waals surface area contributed by atoms with Crippen LogP contribution >= 0.6 is 0 Å². The predicted octanol–water partition coefficient (Wildman–Crippen LogP) is 4.44. The third-order valence-electron chi connectivity index (χ3n) is 3.88. The molecule has 0 spiro atoms. The number of carbonyl (C=O) groups excluding carboxylic acids is 1. The summed E-state index contributed by atoms with van der Waals surface area (Å²) in [6.45, 7) is 6.04. The Labute approximate surface area is 117 Å². The molecule has 0 radical (unpaired) electrons. The van der Waals surface area contributed by atoms with E-state index in [1.165, 1.54) is 25.7 Å². The minimum Gasteiger partial charge on any atom is -0.481 e. The molecule has 0 saturated heterocycles. The van der Waals surface area contributed by atoms with Gasteiger partial charge in [-0.05, 0) is 25.7 Å². The lowest BCUT2D eigenvalue weighted by Crippen LogP contribution is -2.22. The lowest BCUT2D eigenvalue weighted by atomic mass is 9.78. The number of unbranched alkanes of at least 4 members (excludes halogenated alkanes) is 3. The molecule has 1 fully saturated rings. The highest BCUT2D eigenvalue weighted by Crippen LogP contribution is 2.29. The summed E-state index contributed by atoms with van der Waals surface area (Å²) in [6.07, 6.45) is 9.53. The van der Waals surface area contributed by atoms with Crippen molar-refractivity contribution in [3.8, 4) is 0 Å². The van der Waals surface area contributed by atoms with Crippen molar-refractivity contribution in [2.75, 3.05) is 0 Å². The van der Waals surface area contributed by atoms with Gasteiger partial charge in [-0.3, -0.25) is 9.59 Å². The molecule has 112 valence electrons. The number of carboxylic acids is 1. The Hall–Kier alpha value is -0.860. The van der Waals surface area contributed by atoms with Gasteiger partial charge in [0.15, 0.2) is 0 Å². The van der Waals surface area contributed by atoms with Crippen molar-refractivity contribution in [2.24, 2.45) is 11.8 Å². The summed E-state index contributed by atoms with van der Waals surface area (Å²) < 4.78 is 0. The molecule has 0 aromatic rings. The minimum absolute atomic E-state index is 0.333. The second kappa shape index (κ2) is 11.0. The summed E-state index contributed by atoms with van der Waals surface area (Å²) in [5, 5.41) is 8.21. The maximum Gasteiger partial charge on any atom is 0.303 e. The van der Waals surface area contributed by atoms with Crippen LogP contribution in [-0.2, 0) is 9.59 Å². The summed E-state index contributed by atoms with van der Waals surface area (Å²) >= 11 is 0. The number of hydrogen-bond acceptors (Lipinski definition) is 2. The van der Waals surface area contributed by atoms with Crippen molar-refractivity contribution in [1.29, 1.82) is 0 Å². The van der Waals surface area contributed by atoms with Crippen LogP contribution in [0.4, 0.5) is 0 Å². The second-order valence-electron chi connectivity index (χ2n) is 5.68. The van der Waals surface area contributed by atoms with E-state index in [2.05, 4.69) is 13.8 Å². The quantitative estimate of drug-likeness (QED) is 0.726. The fourth-order valence-electron chi connectivity index (χ4n) is 2.62. The van der Waals surface area contributed by atoms with Gasteiger partial charge in [-0.1, -0.05) is 52.4 Å². The Morgan fingerprint density at radius 3 is 2.16 bits per heavy atom. The molecule has 3 nitrogen and oxygen atoms in total. The van der Waals surface area contributed by atoms with Crippen molar-refractivity contribution < 1.29 is 14.7 Å². The highest BCUT2D eigenvalue weighted by Gasteiger charge is 2.24. The average Bonchev–Trinajstić information content (AvgIpc) is 2.35. The van der Waals surface area contributed by atoms with Crippen molar-refractivity contribution >= 4 is 11.8 Å². The van der Waals surface area contributed by atoms with Crippen molar-refractivity contribution in [3.63, 3.8) is 0 Å². The summed E-state index contributed by atoms with van der Waals surface area (Å²) in [4.78, 5) is 21.0. The zero-order valence-electron chi connectivity index (χ0n) is 12.8. The third kappa shape index (κ3) is 9.69. The zero-order chi connectivity index (χ0) is 14.7. The predicted molar refractivity (Wildman–Crippen MR) is 78.2 cm³/mol. The van der Waals surface area contributed by atoms with Crippen LogP contribution < -0.4 is 0 Å². The first-order chi connectivity index (χ1) is 8.99. The molecule has 0 aromatic carbocycles. The van der Waals surface area contributed by atoms with Crippen LogP contribution in [0.15, 0.2) is 0 Å². The molecule has 0 aromatic heterocycles. The van der Waals surface area contributed by atoms with E-state index >= 15 is 0 Å². The van der Waals surface area contributed by atoms with Gasteiger partial charge in [-0.2, -0.15) is 0 Å². The molecule has 0 aliphatic heterocycles. The molecule has 0 heterocycles. The zero-order valence-corrected chi connectivity index (χ0v) is 12.8. The van der Waals surface area contributed by atoms with Crippen LogP contribution in [-0.4, -0.2) is 16.9 Å². The van der Waals surface area contributed by atoms with Crippen LogP contribution in [0.1, 0.15) is 78.6 Å². The fraction of sp³-hybridized carbons (Fsp3) is 0.875. The van der Waals surface area contributed by atoms with Gasteiger partial charge < -0.3 is 5.11 Å². The molecule has 1 aliphatic rings. The number of carboxylic acid groups (broad SMARTS) is 1. The maximum atomic E-state index is 11.0. The number of aliphatic carboxylic acids is 1. The van der Waals surface area contributed by atoms with Crippen molar-refractivity contribution in [1.82, 2.24) is 0 Å². The maximum absolute atomic E-state index is 11.0. The summed E-state index contributed by atoms with van der Waals surface area (Å²) in [5.74, 6) is 0.748. The van der Waals surface area contributed by atoms with Crippen molar-refractivity contribution in [2.45, 2.75) is 78.6 Å². The van der Waals surface area contributed by atoms with E-state index in [1.54, 1.807) is 6.92 Å². The standard InChI is InChI=1S/C9H16O.C7H14O2/c1-7-5-3-4-6-9(7)8(2)10;1-2-3-4-5-6-7(8)9/h7,9H,3-6H2,1-2H3;2-6H2,1H3,(H,8,9). The number of carbonyl (C=O) groups is 2. The van der Waals surface area contributed by atoms with Gasteiger partial charge in [0.2, 0.25) is 0 Å². The first-order valence-electron chi connectivity index (χ1n) is 7.71. The fourth-order valence-corrected chi connectivity index (χ4v) is 2.62. The molecule has 1 saturated carbocycles. The lowest BCUT2D eigenvalue weighted by molar-refractivity contribution is -0.137. The van der Waals surface area contributed by atoms with E-state index in [1.807, 2.05) is 0 Å². The smallest absolute Gasteiger partial charge is 0.303 e. The largest absolute Gasteiger partial charge is 0.481 e. The average molecular weight is 270 g/mol. The van der Waals surface area contributed by atoms with E-state index in [-0.39, 0.29) is 0 Å². The van der Waals surface area contributed by atoms with Gasteiger partial charge in [0.25, 0.3) is 0 Å². The topological polar surface area (TPSA) is 54.4 Å². The number of rotatable bonds is 6. The molecule has 1 rings (SSSR count). The third-order valence-corrected chi connectivity index (χ3v) is 3.88. The van der Waals surface area contributed by atoms with Gasteiger partial charge in [0.1, 0.15) is 5.78 Å². The molecule has 0 bridgehead atoms. The van der Waals surface area contributed by atoms with Crippen LogP contribution in [0.3, 0.4) is 0 Å². The molecule has 3 heteroatoms. The van der Waals surface area contributed by atoms with Gasteiger partial charge in [-0.25, -0.2) is 0 Å². The first-order valence-corrected chi connectivity index (χ1v) is 7.71. The van der Waals surface area contributed by atoms with Crippen LogP contribution in [0.25, 0.3) is 0 Å². The number of hydrogen-bond donors (Lipinski definition) is 1. The van der Waals surface area contributed by atoms with Gasteiger partial charge in [0, 0.05) is 12.3 Å². The normalized spacial score (nSPS) is 22.3. The molecule has 2 atom stereocenters. The monoisotopic (exact) mass is 270 g/mol. The highest BCUT2D eigenvalue weighted by atomic mass is 16.4. The van der Waals surface area contributed by atoms with Crippen molar-refractivity contribution in [3.05, 3.63) is 0 Å². The van der Waals surface area contributed by atoms with E-state index in [9.17, 15) is 9.59 Å². The van der Waals surface area contributed by atoms with Gasteiger partial charge in [-0.15, -0.1) is 0 Å². The van der Waals surface area contributed by atoms with Gasteiger partial charge >= 0.3 is 5.97 Å².